The first kappa shape index (κ1) is 19.8. The van der Waals surface area contributed by atoms with Crippen molar-refractivity contribution in [3.05, 3.63) is 90.0 Å². The van der Waals surface area contributed by atoms with Gasteiger partial charge < -0.3 is 0 Å². The number of benzene rings is 3. The zero-order chi connectivity index (χ0) is 20.4. The average molecular weight is 404 g/mol. The number of rotatable bonds is 5. The molecule has 0 N–H and O–H groups in total. The van der Waals surface area contributed by atoms with E-state index in [1.807, 2.05) is 0 Å². The van der Waals surface area contributed by atoms with Crippen LogP contribution in [-0.4, -0.2) is 20.0 Å². The number of hydrogen-bond donors (Lipinski definition) is 0. The molecule has 28 heavy (non-hydrogen) atoms. The molecule has 0 radical (unpaired) electrons. The summed E-state index contributed by atoms with van der Waals surface area (Å²) in [5.41, 5.74) is -0.327. The summed E-state index contributed by atoms with van der Waals surface area (Å²) in [4.78, 5) is 12.1. The van der Waals surface area contributed by atoms with E-state index in [-0.39, 0.29) is 21.6 Å². The SMILES string of the molecule is O=C(CS(=O)(=O)c1ccc(-c2ccccc2C(F)(F)F)cc1)c1ccccc1. The van der Waals surface area contributed by atoms with E-state index in [0.717, 1.165) is 6.07 Å². The molecule has 3 aromatic carbocycles. The summed E-state index contributed by atoms with van der Waals surface area (Å²) in [6.45, 7) is 0. The fourth-order valence-corrected chi connectivity index (χ4v) is 4.02. The second-order valence-corrected chi connectivity index (χ2v) is 8.11. The van der Waals surface area contributed by atoms with E-state index in [4.69, 9.17) is 0 Å². The van der Waals surface area contributed by atoms with E-state index in [0.29, 0.717) is 0 Å². The van der Waals surface area contributed by atoms with Crippen molar-refractivity contribution in [2.45, 2.75) is 11.1 Å². The van der Waals surface area contributed by atoms with Gasteiger partial charge in [-0.1, -0.05) is 60.7 Å². The molecule has 0 heterocycles. The van der Waals surface area contributed by atoms with E-state index in [1.54, 1.807) is 18.2 Å². The lowest BCUT2D eigenvalue weighted by molar-refractivity contribution is -0.137. The van der Waals surface area contributed by atoms with Gasteiger partial charge in [-0.25, -0.2) is 8.42 Å². The molecular formula is C21H15F3O3S. The molecule has 0 bridgehead atoms. The topological polar surface area (TPSA) is 51.2 Å². The third-order valence-electron chi connectivity index (χ3n) is 4.17. The molecule has 0 amide bonds. The molecule has 3 nitrogen and oxygen atoms in total. The molecule has 0 fully saturated rings. The number of carbonyl (C=O) groups is 1. The van der Waals surface area contributed by atoms with Crippen molar-refractivity contribution in [3.8, 4) is 11.1 Å². The third-order valence-corrected chi connectivity index (χ3v) is 5.81. The maximum absolute atomic E-state index is 13.2. The van der Waals surface area contributed by atoms with Crippen molar-refractivity contribution >= 4 is 15.6 Å². The smallest absolute Gasteiger partial charge is 0.293 e. The minimum absolute atomic E-state index is 0.0423. The van der Waals surface area contributed by atoms with Crippen LogP contribution in [0.1, 0.15) is 15.9 Å². The lowest BCUT2D eigenvalue weighted by Crippen LogP contribution is -2.16. The van der Waals surface area contributed by atoms with E-state index in [2.05, 4.69) is 0 Å². The van der Waals surface area contributed by atoms with E-state index in [9.17, 15) is 26.4 Å². The van der Waals surface area contributed by atoms with Crippen LogP contribution in [0.4, 0.5) is 13.2 Å². The van der Waals surface area contributed by atoms with Crippen LogP contribution >= 0.6 is 0 Å². The van der Waals surface area contributed by atoms with Gasteiger partial charge in [0.2, 0.25) is 0 Å². The molecule has 0 unspecified atom stereocenters. The normalized spacial score (nSPS) is 12.0. The number of sulfone groups is 1. The number of hydrogen-bond acceptors (Lipinski definition) is 3. The minimum Gasteiger partial charge on any atom is -0.293 e. The third kappa shape index (κ3) is 4.31. The van der Waals surface area contributed by atoms with E-state index in [1.165, 1.54) is 54.6 Å². The summed E-state index contributed by atoms with van der Waals surface area (Å²) in [7, 11) is -3.92. The van der Waals surface area contributed by atoms with Gasteiger partial charge in [0.05, 0.1) is 10.5 Å². The molecule has 3 aromatic rings. The van der Waals surface area contributed by atoms with Crippen LogP contribution in [-0.2, 0) is 16.0 Å². The van der Waals surface area contributed by atoms with Crippen LogP contribution in [0.25, 0.3) is 11.1 Å². The average Bonchev–Trinajstić information content (AvgIpc) is 2.68. The molecule has 0 spiro atoms. The summed E-state index contributed by atoms with van der Waals surface area (Å²) in [6, 6.07) is 18.1. The molecule has 0 aliphatic carbocycles. The Labute approximate surface area is 160 Å². The van der Waals surface area contributed by atoms with Crippen molar-refractivity contribution in [2.75, 3.05) is 5.75 Å². The number of halogens is 3. The predicted octanol–water partition coefficient (Wildman–Crippen LogP) is 5.03. The Bertz CT molecular complexity index is 1090. The maximum Gasteiger partial charge on any atom is 0.417 e. The Morgan fingerprint density at radius 3 is 1.96 bits per heavy atom. The molecule has 3 rings (SSSR count). The van der Waals surface area contributed by atoms with Crippen LogP contribution < -0.4 is 0 Å². The van der Waals surface area contributed by atoms with Crippen LogP contribution in [0.15, 0.2) is 83.8 Å². The summed E-state index contributed by atoms with van der Waals surface area (Å²) in [5.74, 6) is -1.26. The Morgan fingerprint density at radius 2 is 1.36 bits per heavy atom. The standard InChI is InChI=1S/C21H15F3O3S/c22-21(23,24)19-9-5-4-8-18(19)15-10-12-17(13-11-15)28(26,27)14-20(25)16-6-2-1-3-7-16/h1-13H,14H2. The van der Waals surface area contributed by atoms with Crippen LogP contribution in [0.5, 0.6) is 0 Å². The molecule has 0 aromatic heterocycles. The van der Waals surface area contributed by atoms with Crippen molar-refractivity contribution in [1.82, 2.24) is 0 Å². The second kappa shape index (κ2) is 7.59. The summed E-state index contributed by atoms with van der Waals surface area (Å²) >= 11 is 0. The van der Waals surface area contributed by atoms with Gasteiger partial charge in [0, 0.05) is 5.56 Å². The van der Waals surface area contributed by atoms with Crippen LogP contribution in [0.2, 0.25) is 0 Å². The Hall–Kier alpha value is -2.93. The number of alkyl halides is 3. The van der Waals surface area contributed by atoms with E-state index < -0.39 is 33.1 Å². The molecule has 144 valence electrons. The van der Waals surface area contributed by atoms with Gasteiger partial charge in [-0.05, 0) is 29.3 Å². The Morgan fingerprint density at radius 1 is 0.786 bits per heavy atom. The fourth-order valence-electron chi connectivity index (χ4n) is 2.79. The van der Waals surface area contributed by atoms with Gasteiger partial charge in [0.1, 0.15) is 5.75 Å². The quantitative estimate of drug-likeness (QED) is 0.561. The highest BCUT2D eigenvalue weighted by Crippen LogP contribution is 2.37. The van der Waals surface area contributed by atoms with Gasteiger partial charge in [0.25, 0.3) is 0 Å². The highest BCUT2D eigenvalue weighted by molar-refractivity contribution is 7.92. The second-order valence-electron chi connectivity index (χ2n) is 6.12. The highest BCUT2D eigenvalue weighted by atomic mass is 32.2. The largest absolute Gasteiger partial charge is 0.417 e. The minimum atomic E-state index is -4.52. The van der Waals surface area contributed by atoms with Crippen LogP contribution in [0.3, 0.4) is 0 Å². The number of carbonyl (C=O) groups excluding carboxylic acids is 1. The highest BCUT2D eigenvalue weighted by Gasteiger charge is 2.33. The Kier molecular flexibility index (Phi) is 5.38. The lowest BCUT2D eigenvalue weighted by Gasteiger charge is -2.13. The van der Waals surface area contributed by atoms with Gasteiger partial charge in [-0.3, -0.25) is 4.79 Å². The maximum atomic E-state index is 13.2. The first-order valence-electron chi connectivity index (χ1n) is 8.26. The summed E-state index contributed by atoms with van der Waals surface area (Å²) in [5, 5.41) is 0. The van der Waals surface area contributed by atoms with Gasteiger partial charge in [-0.15, -0.1) is 0 Å². The molecule has 0 saturated heterocycles. The Balaban J connectivity index is 1.88. The molecular weight excluding hydrogens is 389 g/mol. The first-order valence-corrected chi connectivity index (χ1v) is 9.91. The molecule has 0 atom stereocenters. The zero-order valence-corrected chi connectivity index (χ0v) is 15.3. The molecule has 0 aliphatic heterocycles. The van der Waals surface area contributed by atoms with Crippen molar-refractivity contribution < 1.29 is 26.4 Å². The summed E-state index contributed by atoms with van der Waals surface area (Å²) < 4.78 is 64.5. The molecule has 7 heteroatoms. The lowest BCUT2D eigenvalue weighted by atomic mass is 9.99. The molecule has 0 aliphatic rings. The number of Topliss-reactive ketones (excluding diaryl/α,β-unsaturated/α-hetero) is 1. The monoisotopic (exact) mass is 404 g/mol. The zero-order valence-electron chi connectivity index (χ0n) is 14.5. The van der Waals surface area contributed by atoms with Crippen molar-refractivity contribution in [3.63, 3.8) is 0 Å². The fraction of sp³-hybridized carbons (Fsp3) is 0.0952. The summed E-state index contributed by atoms with van der Waals surface area (Å²) in [6.07, 6.45) is -4.52. The van der Waals surface area contributed by atoms with Crippen molar-refractivity contribution in [1.29, 1.82) is 0 Å². The first-order chi connectivity index (χ1) is 13.2. The van der Waals surface area contributed by atoms with E-state index >= 15 is 0 Å². The van der Waals surface area contributed by atoms with Gasteiger partial charge in [-0.2, -0.15) is 13.2 Å². The van der Waals surface area contributed by atoms with Gasteiger partial charge >= 0.3 is 6.18 Å². The number of ketones is 1. The van der Waals surface area contributed by atoms with Crippen LogP contribution in [0, 0.1) is 0 Å². The van der Waals surface area contributed by atoms with Gasteiger partial charge in [0.15, 0.2) is 15.6 Å². The predicted molar refractivity (Wildman–Crippen MR) is 99.7 cm³/mol. The molecule has 0 saturated carbocycles. The van der Waals surface area contributed by atoms with Crippen molar-refractivity contribution in [2.24, 2.45) is 0 Å².